The fourth-order valence-corrected chi connectivity index (χ4v) is 5.03. The van der Waals surface area contributed by atoms with Crippen LogP contribution in [0.1, 0.15) is 57.2 Å². The van der Waals surface area contributed by atoms with Crippen LogP contribution in [0.25, 0.3) is 0 Å². The van der Waals surface area contributed by atoms with Gasteiger partial charge in [-0.05, 0) is 44.6 Å². The summed E-state index contributed by atoms with van der Waals surface area (Å²) in [6.45, 7) is 4.43. The standard InChI is InChI=1S/C20H35N7.HI/c1-21-20(25-17-9-10-19-23-15-24-27(19)14-17)22-12-18-8-5-11-26(18)13-16-6-3-2-4-7-16;/h15-18H,2-14H2,1H3,(H2,21,22,25);1H. The van der Waals surface area contributed by atoms with E-state index >= 15 is 0 Å². The summed E-state index contributed by atoms with van der Waals surface area (Å²) in [5, 5.41) is 11.5. The van der Waals surface area contributed by atoms with Crippen LogP contribution in [0.2, 0.25) is 0 Å². The van der Waals surface area contributed by atoms with E-state index in [2.05, 4.69) is 30.6 Å². The van der Waals surface area contributed by atoms with Gasteiger partial charge < -0.3 is 10.6 Å². The molecule has 1 saturated carbocycles. The van der Waals surface area contributed by atoms with Crippen LogP contribution >= 0.6 is 24.0 Å². The molecule has 2 atom stereocenters. The summed E-state index contributed by atoms with van der Waals surface area (Å²) < 4.78 is 2.01. The second kappa shape index (κ2) is 10.8. The molecule has 4 rings (SSSR count). The van der Waals surface area contributed by atoms with Gasteiger partial charge in [0.05, 0.1) is 6.54 Å². The van der Waals surface area contributed by atoms with Crippen molar-refractivity contribution >= 4 is 29.9 Å². The molecular formula is C20H36IN7. The zero-order valence-electron chi connectivity index (χ0n) is 17.1. The number of fused-ring (bicyclic) bond motifs is 1. The lowest BCUT2D eigenvalue weighted by molar-refractivity contribution is 0.188. The molecule has 0 radical (unpaired) electrons. The Bertz CT molecular complexity index is 626. The maximum Gasteiger partial charge on any atom is 0.191 e. The lowest BCUT2D eigenvalue weighted by atomic mass is 9.89. The highest BCUT2D eigenvalue weighted by molar-refractivity contribution is 14.0. The number of halogens is 1. The average Bonchev–Trinajstić information content (AvgIpc) is 3.34. The van der Waals surface area contributed by atoms with E-state index in [9.17, 15) is 0 Å². The summed E-state index contributed by atoms with van der Waals surface area (Å²) >= 11 is 0. The van der Waals surface area contributed by atoms with Crippen LogP contribution in [0, 0.1) is 5.92 Å². The van der Waals surface area contributed by atoms with Crippen molar-refractivity contribution in [3.8, 4) is 0 Å². The Morgan fingerprint density at radius 3 is 2.86 bits per heavy atom. The Balaban J connectivity index is 0.00000225. The Labute approximate surface area is 186 Å². The Hall–Kier alpha value is -0.900. The third kappa shape index (κ3) is 5.58. The van der Waals surface area contributed by atoms with E-state index in [1.807, 2.05) is 11.7 Å². The summed E-state index contributed by atoms with van der Waals surface area (Å²) in [7, 11) is 1.87. The van der Waals surface area contributed by atoms with Crippen LogP contribution < -0.4 is 10.6 Å². The quantitative estimate of drug-likeness (QED) is 0.369. The summed E-state index contributed by atoms with van der Waals surface area (Å²) in [6, 6.07) is 1.02. The van der Waals surface area contributed by atoms with E-state index in [1.54, 1.807) is 6.33 Å². The van der Waals surface area contributed by atoms with Gasteiger partial charge in [0.1, 0.15) is 12.2 Å². The first-order chi connectivity index (χ1) is 13.3. The van der Waals surface area contributed by atoms with Gasteiger partial charge in [-0.1, -0.05) is 19.3 Å². The number of hydrogen-bond acceptors (Lipinski definition) is 4. The van der Waals surface area contributed by atoms with Crippen LogP contribution in [-0.2, 0) is 13.0 Å². The third-order valence-corrected chi connectivity index (χ3v) is 6.59. The lowest BCUT2D eigenvalue weighted by Crippen LogP contribution is -2.50. The molecule has 1 aromatic heterocycles. The van der Waals surface area contributed by atoms with Crippen molar-refractivity contribution in [1.82, 2.24) is 30.3 Å². The largest absolute Gasteiger partial charge is 0.355 e. The van der Waals surface area contributed by atoms with Gasteiger partial charge in [-0.15, -0.1) is 24.0 Å². The molecule has 1 saturated heterocycles. The van der Waals surface area contributed by atoms with Crippen molar-refractivity contribution in [2.24, 2.45) is 10.9 Å². The number of aliphatic imine (C=N–C) groups is 1. The van der Waals surface area contributed by atoms with Crippen molar-refractivity contribution in [3.63, 3.8) is 0 Å². The zero-order valence-corrected chi connectivity index (χ0v) is 19.5. The molecule has 0 bridgehead atoms. The number of nitrogens with zero attached hydrogens (tertiary/aromatic N) is 5. The van der Waals surface area contributed by atoms with Crippen molar-refractivity contribution in [1.29, 1.82) is 0 Å². The molecule has 28 heavy (non-hydrogen) atoms. The van der Waals surface area contributed by atoms with Gasteiger partial charge >= 0.3 is 0 Å². The van der Waals surface area contributed by atoms with Crippen LogP contribution in [0.3, 0.4) is 0 Å². The van der Waals surface area contributed by atoms with Crippen molar-refractivity contribution in [2.45, 2.75) is 76.4 Å². The van der Waals surface area contributed by atoms with Gasteiger partial charge in [-0.2, -0.15) is 5.10 Å². The van der Waals surface area contributed by atoms with E-state index in [-0.39, 0.29) is 24.0 Å². The second-order valence-electron chi connectivity index (χ2n) is 8.49. The summed E-state index contributed by atoms with van der Waals surface area (Å²) in [4.78, 5) is 11.5. The van der Waals surface area contributed by atoms with Crippen molar-refractivity contribution in [3.05, 3.63) is 12.2 Å². The fourth-order valence-electron chi connectivity index (χ4n) is 5.03. The van der Waals surface area contributed by atoms with E-state index in [0.29, 0.717) is 12.1 Å². The van der Waals surface area contributed by atoms with Gasteiger partial charge in [-0.3, -0.25) is 9.89 Å². The number of guanidine groups is 1. The van der Waals surface area contributed by atoms with Crippen LogP contribution in [-0.4, -0.2) is 64.4 Å². The minimum atomic E-state index is 0. The summed E-state index contributed by atoms with van der Waals surface area (Å²) in [5.74, 6) is 2.95. The minimum absolute atomic E-state index is 0. The topological polar surface area (TPSA) is 70.4 Å². The molecule has 2 aliphatic heterocycles. The zero-order chi connectivity index (χ0) is 18.5. The van der Waals surface area contributed by atoms with E-state index in [1.165, 1.54) is 58.0 Å². The molecular weight excluding hydrogens is 465 g/mol. The molecule has 158 valence electrons. The molecule has 7 nitrogen and oxygen atoms in total. The molecule has 1 aromatic rings. The molecule has 1 aliphatic carbocycles. The van der Waals surface area contributed by atoms with Gasteiger partial charge in [0.15, 0.2) is 5.96 Å². The Morgan fingerprint density at radius 2 is 2.04 bits per heavy atom. The number of aromatic nitrogens is 3. The highest BCUT2D eigenvalue weighted by Crippen LogP contribution is 2.27. The SMILES string of the molecule is CN=C(NCC1CCCN1CC1CCCCC1)NC1CCc2ncnn2C1.I. The molecule has 0 aromatic carbocycles. The van der Waals surface area contributed by atoms with Crippen molar-refractivity contribution in [2.75, 3.05) is 26.7 Å². The van der Waals surface area contributed by atoms with Gasteiger partial charge in [0, 0.05) is 38.6 Å². The third-order valence-electron chi connectivity index (χ3n) is 6.59. The normalized spacial score (nSPS) is 26.5. The smallest absolute Gasteiger partial charge is 0.191 e. The van der Waals surface area contributed by atoms with E-state index < -0.39 is 0 Å². The monoisotopic (exact) mass is 501 g/mol. The number of aryl methyl sites for hydroxylation is 1. The molecule has 3 heterocycles. The minimum Gasteiger partial charge on any atom is -0.355 e. The maximum atomic E-state index is 4.46. The molecule has 2 N–H and O–H groups in total. The van der Waals surface area contributed by atoms with E-state index in [4.69, 9.17) is 0 Å². The Morgan fingerprint density at radius 1 is 1.18 bits per heavy atom. The highest BCUT2D eigenvalue weighted by Gasteiger charge is 2.28. The molecule has 2 unspecified atom stereocenters. The van der Waals surface area contributed by atoms with Crippen LogP contribution in [0.4, 0.5) is 0 Å². The van der Waals surface area contributed by atoms with Gasteiger partial charge in [0.2, 0.25) is 0 Å². The number of nitrogens with one attached hydrogen (secondary N) is 2. The molecule has 0 amide bonds. The van der Waals surface area contributed by atoms with E-state index in [0.717, 1.165) is 43.6 Å². The molecule has 2 fully saturated rings. The molecule has 8 heteroatoms. The first-order valence-corrected chi connectivity index (χ1v) is 10.9. The van der Waals surface area contributed by atoms with Crippen LogP contribution in [0.15, 0.2) is 11.3 Å². The van der Waals surface area contributed by atoms with Crippen LogP contribution in [0.5, 0.6) is 0 Å². The van der Waals surface area contributed by atoms with Gasteiger partial charge in [-0.25, -0.2) is 9.67 Å². The molecule has 3 aliphatic rings. The number of hydrogen-bond donors (Lipinski definition) is 2. The summed E-state index contributed by atoms with van der Waals surface area (Å²) in [5.41, 5.74) is 0. The second-order valence-corrected chi connectivity index (χ2v) is 8.49. The van der Waals surface area contributed by atoms with Crippen molar-refractivity contribution < 1.29 is 0 Å². The first-order valence-electron chi connectivity index (χ1n) is 10.9. The lowest BCUT2D eigenvalue weighted by Gasteiger charge is -2.31. The molecule has 0 spiro atoms. The predicted molar refractivity (Wildman–Crippen MR) is 123 cm³/mol. The predicted octanol–water partition coefficient (Wildman–Crippen LogP) is 2.42. The Kier molecular flexibility index (Phi) is 8.37. The summed E-state index contributed by atoms with van der Waals surface area (Å²) in [6.07, 6.45) is 13.6. The fraction of sp³-hybridized carbons (Fsp3) is 0.850. The number of likely N-dealkylation sites (tertiary alicyclic amines) is 1. The maximum absolute atomic E-state index is 4.46. The number of rotatable bonds is 5. The van der Waals surface area contributed by atoms with Gasteiger partial charge in [0.25, 0.3) is 0 Å². The average molecular weight is 501 g/mol. The first kappa shape index (κ1) is 21.8. The highest BCUT2D eigenvalue weighted by atomic mass is 127.